The molecule has 0 unspecified atom stereocenters. The van der Waals surface area contributed by atoms with Gasteiger partial charge in [-0.15, -0.1) is 0 Å². The predicted octanol–water partition coefficient (Wildman–Crippen LogP) is 2.15. The summed E-state index contributed by atoms with van der Waals surface area (Å²) in [4.78, 5) is 36.0. The number of hydrogen-bond acceptors (Lipinski definition) is 5. The zero-order valence-electron chi connectivity index (χ0n) is 17.3. The molecule has 3 aromatic rings. The van der Waals surface area contributed by atoms with E-state index in [-0.39, 0.29) is 11.8 Å². The van der Waals surface area contributed by atoms with Gasteiger partial charge in [0.25, 0.3) is 5.91 Å². The number of imidazole rings is 1. The van der Waals surface area contributed by atoms with Crippen LogP contribution in [0.4, 0.5) is 5.82 Å². The Morgan fingerprint density at radius 3 is 2.30 bits per heavy atom. The Kier molecular flexibility index (Phi) is 5.07. The summed E-state index contributed by atoms with van der Waals surface area (Å²) in [5, 5.41) is 10.1. The summed E-state index contributed by atoms with van der Waals surface area (Å²) in [6, 6.07) is 8.82. The number of anilines is 1. The van der Waals surface area contributed by atoms with Gasteiger partial charge in [0, 0.05) is 37.9 Å². The third kappa shape index (κ3) is 3.56. The lowest BCUT2D eigenvalue weighted by molar-refractivity contribution is 0.0746. The van der Waals surface area contributed by atoms with Gasteiger partial charge in [-0.05, 0) is 56.2 Å². The van der Waals surface area contributed by atoms with E-state index in [0.29, 0.717) is 30.0 Å². The maximum absolute atomic E-state index is 12.9. The van der Waals surface area contributed by atoms with Crippen molar-refractivity contribution in [1.82, 2.24) is 19.4 Å². The minimum Gasteiger partial charge on any atom is -0.493 e. The molecule has 1 aromatic carbocycles. The number of rotatable bonds is 3. The van der Waals surface area contributed by atoms with Crippen molar-refractivity contribution in [3.05, 3.63) is 69.4 Å². The molecule has 8 nitrogen and oxygen atoms in total. The van der Waals surface area contributed by atoms with Gasteiger partial charge in [-0.3, -0.25) is 4.79 Å². The summed E-state index contributed by atoms with van der Waals surface area (Å²) in [6.45, 7) is 8.40. The minimum atomic E-state index is -0.416. The van der Waals surface area contributed by atoms with Gasteiger partial charge in [0.05, 0.1) is 11.4 Å². The first kappa shape index (κ1) is 19.8. The van der Waals surface area contributed by atoms with E-state index in [0.717, 1.165) is 30.0 Å². The predicted molar refractivity (Wildman–Crippen MR) is 115 cm³/mol. The summed E-state index contributed by atoms with van der Waals surface area (Å²) in [5.74, 6) is 0.802. The highest BCUT2D eigenvalue weighted by Crippen LogP contribution is 2.21. The van der Waals surface area contributed by atoms with E-state index in [1.807, 2.05) is 18.0 Å². The molecule has 1 saturated heterocycles. The molecule has 0 atom stereocenters. The lowest BCUT2D eigenvalue weighted by atomic mass is 10.1. The summed E-state index contributed by atoms with van der Waals surface area (Å²) in [5.41, 5.74) is 3.32. The molecule has 1 aliphatic heterocycles. The number of benzene rings is 1. The molecular weight excluding hydrogens is 382 g/mol. The van der Waals surface area contributed by atoms with Gasteiger partial charge in [0.2, 0.25) is 5.88 Å². The average Bonchev–Trinajstić information content (AvgIpc) is 2.99. The van der Waals surface area contributed by atoms with Gasteiger partial charge in [0.15, 0.2) is 0 Å². The molecule has 4 rings (SSSR count). The van der Waals surface area contributed by atoms with Crippen molar-refractivity contribution >= 4 is 11.7 Å². The summed E-state index contributed by atoms with van der Waals surface area (Å²) >= 11 is 0. The minimum absolute atomic E-state index is 0.0448. The number of aryl methyl sites for hydroxylation is 3. The van der Waals surface area contributed by atoms with E-state index >= 15 is 0 Å². The van der Waals surface area contributed by atoms with Gasteiger partial charge in [-0.1, -0.05) is 6.07 Å². The first-order valence-corrected chi connectivity index (χ1v) is 9.93. The molecule has 0 spiro atoms. The van der Waals surface area contributed by atoms with Gasteiger partial charge in [-0.25, -0.2) is 14.3 Å². The monoisotopic (exact) mass is 407 g/mol. The van der Waals surface area contributed by atoms with Crippen molar-refractivity contribution in [1.29, 1.82) is 0 Å². The van der Waals surface area contributed by atoms with E-state index in [9.17, 15) is 14.7 Å². The van der Waals surface area contributed by atoms with Crippen molar-refractivity contribution in [3.63, 3.8) is 0 Å². The van der Waals surface area contributed by atoms with Crippen LogP contribution in [0.3, 0.4) is 0 Å². The highest BCUT2D eigenvalue weighted by Gasteiger charge is 2.24. The van der Waals surface area contributed by atoms with Gasteiger partial charge >= 0.3 is 5.69 Å². The highest BCUT2D eigenvalue weighted by molar-refractivity contribution is 5.94. The van der Waals surface area contributed by atoms with Crippen LogP contribution in [-0.2, 0) is 0 Å². The van der Waals surface area contributed by atoms with Crippen molar-refractivity contribution < 1.29 is 9.90 Å². The van der Waals surface area contributed by atoms with E-state index in [4.69, 9.17) is 0 Å². The number of aromatic nitrogens is 3. The van der Waals surface area contributed by atoms with Gasteiger partial charge < -0.3 is 19.9 Å². The third-order valence-corrected chi connectivity index (χ3v) is 5.47. The van der Waals surface area contributed by atoms with Crippen molar-refractivity contribution in [3.8, 4) is 11.6 Å². The second kappa shape index (κ2) is 7.70. The Hall–Kier alpha value is -3.55. The fourth-order valence-electron chi connectivity index (χ4n) is 3.87. The molecule has 0 bridgehead atoms. The molecule has 0 aliphatic carbocycles. The molecule has 1 amide bonds. The second-order valence-corrected chi connectivity index (χ2v) is 7.69. The Morgan fingerprint density at radius 1 is 1.07 bits per heavy atom. The van der Waals surface area contributed by atoms with E-state index in [1.165, 1.54) is 4.57 Å². The maximum Gasteiger partial charge on any atom is 0.333 e. The Balaban J connectivity index is 1.45. The number of amides is 1. The number of nitrogens with zero attached hydrogens (tertiary/aromatic N) is 4. The van der Waals surface area contributed by atoms with Crippen LogP contribution in [0.15, 0.2) is 41.3 Å². The Morgan fingerprint density at radius 2 is 1.73 bits per heavy atom. The van der Waals surface area contributed by atoms with E-state index in [1.54, 1.807) is 31.2 Å². The lowest BCUT2D eigenvalue weighted by Crippen LogP contribution is -2.49. The molecule has 156 valence electrons. The summed E-state index contributed by atoms with van der Waals surface area (Å²) in [6.07, 6.45) is 1.87. The molecule has 0 radical (unpaired) electrons. The first-order valence-electron chi connectivity index (χ1n) is 9.93. The van der Waals surface area contributed by atoms with Gasteiger partial charge in [-0.2, -0.15) is 0 Å². The fraction of sp³-hybridized carbons (Fsp3) is 0.318. The summed E-state index contributed by atoms with van der Waals surface area (Å²) < 4.78 is 1.18. The second-order valence-electron chi connectivity index (χ2n) is 7.69. The zero-order valence-corrected chi connectivity index (χ0v) is 17.3. The van der Waals surface area contributed by atoms with Crippen LogP contribution < -0.4 is 10.6 Å². The van der Waals surface area contributed by atoms with Crippen molar-refractivity contribution in [2.75, 3.05) is 31.1 Å². The fourth-order valence-corrected chi connectivity index (χ4v) is 3.87. The molecule has 8 heteroatoms. The van der Waals surface area contributed by atoms with Gasteiger partial charge in [0.1, 0.15) is 5.82 Å². The molecule has 1 fully saturated rings. The average molecular weight is 407 g/mol. The number of hydrogen-bond donors (Lipinski definition) is 2. The van der Waals surface area contributed by atoms with Crippen molar-refractivity contribution in [2.45, 2.75) is 20.8 Å². The van der Waals surface area contributed by atoms with Crippen LogP contribution in [0.1, 0.15) is 27.2 Å². The molecular formula is C22H25N5O3. The number of pyridine rings is 1. The van der Waals surface area contributed by atoms with E-state index < -0.39 is 5.69 Å². The number of H-pyrrole nitrogens is 1. The molecule has 3 heterocycles. The molecule has 2 aromatic heterocycles. The third-order valence-electron chi connectivity index (χ3n) is 5.47. The molecule has 1 aliphatic rings. The quantitative estimate of drug-likeness (QED) is 0.694. The van der Waals surface area contributed by atoms with Crippen LogP contribution in [-0.4, -0.2) is 56.6 Å². The Bertz CT molecular complexity index is 1140. The van der Waals surface area contributed by atoms with Crippen LogP contribution >= 0.6 is 0 Å². The number of piperazine rings is 1. The maximum atomic E-state index is 12.9. The number of carbonyl (C=O) groups is 1. The molecule has 2 N–H and O–H groups in total. The normalized spacial score (nSPS) is 14.2. The lowest BCUT2D eigenvalue weighted by Gasteiger charge is -2.36. The first-order chi connectivity index (χ1) is 14.3. The van der Waals surface area contributed by atoms with E-state index in [2.05, 4.69) is 27.9 Å². The SMILES string of the molecule is Cc1cnc(N2CCN(C(=O)c3ccc(-n4c(O)c(C)[nH]c4=O)cc3)CC2)c(C)c1. The summed E-state index contributed by atoms with van der Waals surface area (Å²) in [7, 11) is 0. The molecule has 30 heavy (non-hydrogen) atoms. The largest absolute Gasteiger partial charge is 0.493 e. The van der Waals surface area contributed by atoms with Crippen molar-refractivity contribution in [2.24, 2.45) is 0 Å². The number of aromatic amines is 1. The van der Waals surface area contributed by atoms with Crippen LogP contribution in [0.25, 0.3) is 5.69 Å². The number of carbonyl (C=O) groups excluding carboxylic acids is 1. The smallest absolute Gasteiger partial charge is 0.333 e. The topological polar surface area (TPSA) is 94.5 Å². The van der Waals surface area contributed by atoms with Crippen LogP contribution in [0.2, 0.25) is 0 Å². The Labute approximate surface area is 174 Å². The number of aromatic hydroxyl groups is 1. The highest BCUT2D eigenvalue weighted by atomic mass is 16.3. The van der Waals surface area contributed by atoms with Crippen LogP contribution in [0.5, 0.6) is 5.88 Å². The number of nitrogens with one attached hydrogen (secondary N) is 1. The zero-order chi connectivity index (χ0) is 21.4. The molecule has 0 saturated carbocycles. The van der Waals surface area contributed by atoms with Crippen LogP contribution in [0, 0.1) is 20.8 Å². The standard InChI is InChI=1S/C22H25N5O3/c1-14-12-15(2)19(23-13-14)25-8-10-26(11-9-25)21(29)17-4-6-18(7-5-17)27-20(28)16(3)24-22(27)30/h4-7,12-13,28H,8-11H2,1-3H3,(H,24,30).